The molecule has 0 atom stereocenters. The van der Waals surface area contributed by atoms with Gasteiger partial charge >= 0.3 is 0 Å². The number of piperidine rings is 1. The van der Waals surface area contributed by atoms with Gasteiger partial charge in [0, 0.05) is 19.3 Å². The standard InChI is InChI=1S/C8H13N3S/c1-2-6-10(7-3-1)12-11-8-4-5-9-11/h4-5,8H,1-3,6-7H2. The molecule has 1 aromatic heterocycles. The van der Waals surface area contributed by atoms with Gasteiger partial charge in [0.2, 0.25) is 0 Å². The van der Waals surface area contributed by atoms with Crippen LogP contribution in [0, 0.1) is 0 Å². The lowest BCUT2D eigenvalue weighted by molar-refractivity contribution is 0.378. The third kappa shape index (κ3) is 2.01. The Morgan fingerprint density at radius 3 is 2.67 bits per heavy atom. The molecule has 66 valence electrons. The van der Waals surface area contributed by atoms with E-state index in [-0.39, 0.29) is 0 Å². The Hall–Kier alpha value is -0.480. The minimum Gasteiger partial charge on any atom is -0.231 e. The van der Waals surface area contributed by atoms with Gasteiger partial charge < -0.3 is 0 Å². The molecule has 3 nitrogen and oxygen atoms in total. The van der Waals surface area contributed by atoms with E-state index in [1.807, 2.05) is 22.5 Å². The Kier molecular flexibility index (Phi) is 2.68. The van der Waals surface area contributed by atoms with Gasteiger partial charge in [0.15, 0.2) is 0 Å². The van der Waals surface area contributed by atoms with Crippen LogP contribution in [0.2, 0.25) is 0 Å². The van der Waals surface area contributed by atoms with Gasteiger partial charge in [-0.1, -0.05) is 6.42 Å². The van der Waals surface area contributed by atoms with Gasteiger partial charge in [-0.25, -0.2) is 4.31 Å². The third-order valence-corrected chi connectivity index (χ3v) is 2.97. The van der Waals surface area contributed by atoms with Crippen molar-refractivity contribution in [2.24, 2.45) is 0 Å². The molecule has 12 heavy (non-hydrogen) atoms. The quantitative estimate of drug-likeness (QED) is 0.652. The highest BCUT2D eigenvalue weighted by Crippen LogP contribution is 2.18. The molecule has 0 amide bonds. The minimum atomic E-state index is 1.20. The summed E-state index contributed by atoms with van der Waals surface area (Å²) < 4.78 is 4.28. The monoisotopic (exact) mass is 183 g/mol. The van der Waals surface area contributed by atoms with Crippen molar-refractivity contribution in [2.45, 2.75) is 19.3 Å². The molecule has 0 unspecified atom stereocenters. The molecule has 1 aliphatic heterocycles. The first-order valence-corrected chi connectivity index (χ1v) is 5.11. The van der Waals surface area contributed by atoms with E-state index in [0.29, 0.717) is 0 Å². The van der Waals surface area contributed by atoms with E-state index in [4.69, 9.17) is 0 Å². The first kappa shape index (κ1) is 8.13. The van der Waals surface area contributed by atoms with Crippen molar-refractivity contribution in [3.8, 4) is 0 Å². The van der Waals surface area contributed by atoms with Crippen LogP contribution in [0.3, 0.4) is 0 Å². The highest BCUT2D eigenvalue weighted by atomic mass is 32.2. The van der Waals surface area contributed by atoms with Gasteiger partial charge in [0.25, 0.3) is 0 Å². The number of hydrogen-bond donors (Lipinski definition) is 0. The summed E-state index contributed by atoms with van der Waals surface area (Å²) in [5, 5.41) is 4.15. The predicted molar refractivity (Wildman–Crippen MR) is 50.6 cm³/mol. The Morgan fingerprint density at radius 1 is 1.17 bits per heavy atom. The Bertz CT molecular complexity index is 216. The summed E-state index contributed by atoms with van der Waals surface area (Å²) in [5.41, 5.74) is 0. The first-order valence-electron chi connectivity index (χ1n) is 4.38. The van der Waals surface area contributed by atoms with Gasteiger partial charge in [-0.2, -0.15) is 9.19 Å². The maximum atomic E-state index is 4.15. The lowest BCUT2D eigenvalue weighted by atomic mass is 10.2. The van der Waals surface area contributed by atoms with Crippen molar-refractivity contribution >= 4 is 12.1 Å². The van der Waals surface area contributed by atoms with Crippen LogP contribution >= 0.6 is 12.1 Å². The van der Waals surface area contributed by atoms with Crippen LogP contribution in [0.25, 0.3) is 0 Å². The molecular weight excluding hydrogens is 170 g/mol. The van der Waals surface area contributed by atoms with Crippen molar-refractivity contribution in [1.29, 1.82) is 0 Å². The molecule has 2 heterocycles. The van der Waals surface area contributed by atoms with E-state index in [9.17, 15) is 0 Å². The second-order valence-corrected chi connectivity index (χ2v) is 4.03. The Morgan fingerprint density at radius 2 is 2.00 bits per heavy atom. The predicted octanol–water partition coefficient (Wildman–Crippen LogP) is 1.78. The summed E-state index contributed by atoms with van der Waals surface area (Å²) in [6, 6.07) is 1.96. The van der Waals surface area contributed by atoms with Gasteiger partial charge in [0.05, 0.1) is 18.3 Å². The fourth-order valence-electron chi connectivity index (χ4n) is 1.37. The summed E-state index contributed by atoms with van der Waals surface area (Å²) in [4.78, 5) is 0. The fraction of sp³-hybridized carbons (Fsp3) is 0.625. The van der Waals surface area contributed by atoms with Gasteiger partial charge in [0.1, 0.15) is 0 Å². The molecular formula is C8H13N3S. The average molecular weight is 183 g/mol. The molecule has 2 rings (SSSR count). The van der Waals surface area contributed by atoms with Crippen LogP contribution in [0.5, 0.6) is 0 Å². The maximum absolute atomic E-state index is 4.15. The number of hydrogen-bond acceptors (Lipinski definition) is 3. The lowest BCUT2D eigenvalue weighted by Crippen LogP contribution is -2.24. The lowest BCUT2D eigenvalue weighted by Gasteiger charge is -2.23. The van der Waals surface area contributed by atoms with Gasteiger partial charge in [-0.05, 0) is 18.9 Å². The van der Waals surface area contributed by atoms with E-state index in [2.05, 4.69) is 9.40 Å². The summed E-state index contributed by atoms with van der Waals surface area (Å²) >= 11 is 1.71. The number of aromatic nitrogens is 2. The third-order valence-electron chi connectivity index (χ3n) is 1.99. The summed E-state index contributed by atoms with van der Waals surface area (Å²) in [5.74, 6) is 0. The second kappa shape index (κ2) is 3.96. The van der Waals surface area contributed by atoms with Crippen LogP contribution in [-0.4, -0.2) is 26.6 Å². The molecule has 1 aromatic rings. The van der Waals surface area contributed by atoms with E-state index < -0.39 is 0 Å². The molecule has 1 fully saturated rings. The molecule has 0 radical (unpaired) electrons. The second-order valence-electron chi connectivity index (χ2n) is 2.98. The maximum Gasteiger partial charge on any atom is 0.0624 e. The first-order chi connectivity index (χ1) is 5.95. The van der Waals surface area contributed by atoms with Crippen molar-refractivity contribution in [3.63, 3.8) is 0 Å². The van der Waals surface area contributed by atoms with Crippen molar-refractivity contribution in [2.75, 3.05) is 13.1 Å². The van der Waals surface area contributed by atoms with Crippen LogP contribution in [0.4, 0.5) is 0 Å². The van der Waals surface area contributed by atoms with Crippen LogP contribution < -0.4 is 0 Å². The normalized spacial score (nSPS) is 19.7. The summed E-state index contributed by atoms with van der Waals surface area (Å²) in [7, 11) is 0. The number of rotatable bonds is 2. The zero-order valence-electron chi connectivity index (χ0n) is 7.02. The zero-order chi connectivity index (χ0) is 8.23. The topological polar surface area (TPSA) is 21.1 Å². The Labute approximate surface area is 77.0 Å². The molecule has 0 aliphatic carbocycles. The van der Waals surface area contributed by atoms with Crippen LogP contribution in [0.15, 0.2) is 18.5 Å². The van der Waals surface area contributed by atoms with E-state index in [0.717, 1.165) is 0 Å². The molecule has 0 saturated carbocycles. The molecule has 1 saturated heterocycles. The molecule has 0 spiro atoms. The molecule has 0 bridgehead atoms. The van der Waals surface area contributed by atoms with Crippen LogP contribution in [0.1, 0.15) is 19.3 Å². The van der Waals surface area contributed by atoms with Gasteiger partial charge in [-0.15, -0.1) is 0 Å². The fourth-order valence-corrected chi connectivity index (χ4v) is 2.25. The average Bonchev–Trinajstić information content (AvgIpc) is 2.59. The smallest absolute Gasteiger partial charge is 0.0624 e. The summed E-state index contributed by atoms with van der Waals surface area (Å²) in [6.45, 7) is 2.40. The number of nitrogens with zero attached hydrogens (tertiary/aromatic N) is 3. The Balaban J connectivity index is 1.86. The molecule has 1 aliphatic rings. The summed E-state index contributed by atoms with van der Waals surface area (Å²) in [6.07, 6.45) is 7.84. The molecule has 4 heteroatoms. The van der Waals surface area contributed by atoms with Crippen molar-refractivity contribution in [1.82, 2.24) is 13.5 Å². The van der Waals surface area contributed by atoms with Crippen LogP contribution in [-0.2, 0) is 0 Å². The van der Waals surface area contributed by atoms with E-state index in [1.165, 1.54) is 32.4 Å². The largest absolute Gasteiger partial charge is 0.231 e. The van der Waals surface area contributed by atoms with E-state index in [1.54, 1.807) is 12.1 Å². The minimum absolute atomic E-state index is 1.20. The highest BCUT2D eigenvalue weighted by molar-refractivity contribution is 7.95. The highest BCUT2D eigenvalue weighted by Gasteiger charge is 2.10. The molecule has 0 N–H and O–H groups in total. The molecule has 0 aromatic carbocycles. The SMILES string of the molecule is c1cnn(SN2CCCCC2)c1. The van der Waals surface area contributed by atoms with Crippen molar-refractivity contribution < 1.29 is 0 Å². The van der Waals surface area contributed by atoms with E-state index >= 15 is 0 Å². The zero-order valence-corrected chi connectivity index (χ0v) is 7.83. The van der Waals surface area contributed by atoms with Gasteiger partial charge in [-0.3, -0.25) is 0 Å². The van der Waals surface area contributed by atoms with Crippen molar-refractivity contribution in [3.05, 3.63) is 18.5 Å².